The Balaban J connectivity index is 2.46. The number of rotatable bonds is 0. The quantitative estimate of drug-likeness (QED) is 0.408. The van der Waals surface area contributed by atoms with Crippen LogP contribution in [0.4, 0.5) is 0 Å². The van der Waals surface area contributed by atoms with Crippen LogP contribution in [0.5, 0.6) is 0 Å². The lowest BCUT2D eigenvalue weighted by molar-refractivity contribution is -0.176. The first kappa shape index (κ1) is 8.65. The van der Waals surface area contributed by atoms with Crippen molar-refractivity contribution in [3.63, 3.8) is 0 Å². The summed E-state index contributed by atoms with van der Waals surface area (Å²) in [6.07, 6.45) is 1.61. The summed E-state index contributed by atoms with van der Waals surface area (Å²) < 4.78 is 0. The van der Waals surface area contributed by atoms with E-state index in [1.54, 1.807) is 0 Å². The van der Waals surface area contributed by atoms with Gasteiger partial charge in [0.25, 0.3) is 11.8 Å². The molecule has 2 amide bonds. The van der Waals surface area contributed by atoms with Gasteiger partial charge >= 0.3 is 0 Å². The molecule has 13 heavy (non-hydrogen) atoms. The molecule has 2 atom stereocenters. The molecule has 1 aliphatic heterocycles. The first-order valence-electron chi connectivity index (χ1n) is 4.31. The van der Waals surface area contributed by atoms with Gasteiger partial charge < -0.3 is 10.2 Å². The maximum Gasteiger partial charge on any atom is 0.262 e. The van der Waals surface area contributed by atoms with Gasteiger partial charge in [-0.1, -0.05) is 0 Å². The third-order valence-corrected chi connectivity index (χ3v) is 2.99. The summed E-state index contributed by atoms with van der Waals surface area (Å²) in [7, 11) is 0. The highest BCUT2D eigenvalue weighted by Crippen LogP contribution is 2.41. The Kier molecular flexibility index (Phi) is 1.53. The Bertz CT molecular complexity index is 262. The van der Waals surface area contributed by atoms with E-state index in [2.05, 4.69) is 0 Å². The molecule has 1 aliphatic carbocycles. The maximum atomic E-state index is 11.2. The Morgan fingerprint density at radius 2 is 1.38 bits per heavy atom. The lowest BCUT2D eigenvalue weighted by Crippen LogP contribution is -2.58. The van der Waals surface area contributed by atoms with Crippen molar-refractivity contribution in [2.75, 3.05) is 0 Å². The topological polar surface area (TPSA) is 86.6 Å². The number of hydrogen-bond donors (Lipinski definition) is 3. The van der Waals surface area contributed by atoms with Crippen LogP contribution < -0.4 is 5.32 Å². The van der Waals surface area contributed by atoms with E-state index in [-0.39, 0.29) is 12.8 Å². The Morgan fingerprint density at radius 3 is 1.77 bits per heavy atom. The van der Waals surface area contributed by atoms with Crippen LogP contribution in [0, 0.1) is 0 Å². The standard InChI is InChI=1S/C8H11NO4/c10-5-7(12)3-1-2-4-8(7,13)6(11)9-5/h12-13H,1-4H2,(H,9,10,11). The van der Waals surface area contributed by atoms with Crippen LogP contribution in [0.3, 0.4) is 0 Å². The predicted octanol–water partition coefficient (Wildman–Crippen LogP) is -1.32. The monoisotopic (exact) mass is 185 g/mol. The molecule has 0 aromatic rings. The molecular weight excluding hydrogens is 174 g/mol. The molecule has 0 aromatic heterocycles. The number of imide groups is 1. The van der Waals surface area contributed by atoms with Gasteiger partial charge in [0.1, 0.15) is 0 Å². The fourth-order valence-electron chi connectivity index (χ4n) is 2.09. The number of hydrogen-bond acceptors (Lipinski definition) is 4. The van der Waals surface area contributed by atoms with E-state index in [1.807, 2.05) is 5.32 Å². The van der Waals surface area contributed by atoms with Gasteiger partial charge in [-0.25, -0.2) is 0 Å². The second-order valence-corrected chi connectivity index (χ2v) is 3.71. The van der Waals surface area contributed by atoms with Crippen LogP contribution in [-0.2, 0) is 9.59 Å². The van der Waals surface area contributed by atoms with Crippen LogP contribution in [0.2, 0.25) is 0 Å². The SMILES string of the molecule is O=C1NC(=O)C2(O)CCCCC12O. The van der Waals surface area contributed by atoms with Crippen molar-refractivity contribution in [2.45, 2.75) is 36.9 Å². The Morgan fingerprint density at radius 1 is 1.00 bits per heavy atom. The van der Waals surface area contributed by atoms with Crippen molar-refractivity contribution in [2.24, 2.45) is 0 Å². The van der Waals surface area contributed by atoms with Crippen molar-refractivity contribution < 1.29 is 19.8 Å². The van der Waals surface area contributed by atoms with Gasteiger partial charge in [-0.3, -0.25) is 14.9 Å². The predicted molar refractivity (Wildman–Crippen MR) is 41.5 cm³/mol. The summed E-state index contributed by atoms with van der Waals surface area (Å²) in [5.41, 5.74) is -3.77. The van der Waals surface area contributed by atoms with Crippen molar-refractivity contribution >= 4 is 11.8 Å². The van der Waals surface area contributed by atoms with E-state index in [0.29, 0.717) is 12.8 Å². The molecule has 2 aliphatic rings. The zero-order chi connectivity index (χ0) is 9.69. The first-order chi connectivity index (χ1) is 6.01. The largest absolute Gasteiger partial charge is 0.377 e. The third kappa shape index (κ3) is 0.831. The lowest BCUT2D eigenvalue weighted by Gasteiger charge is -2.37. The van der Waals surface area contributed by atoms with Gasteiger partial charge in [0.05, 0.1) is 0 Å². The molecule has 0 bridgehead atoms. The maximum absolute atomic E-state index is 11.2. The minimum atomic E-state index is -1.89. The van der Waals surface area contributed by atoms with Gasteiger partial charge in [0.15, 0.2) is 11.2 Å². The molecule has 5 nitrogen and oxygen atoms in total. The zero-order valence-electron chi connectivity index (χ0n) is 7.04. The number of carbonyl (C=O) groups excluding carboxylic acids is 2. The number of aliphatic hydroxyl groups is 2. The minimum absolute atomic E-state index is 0.154. The van der Waals surface area contributed by atoms with Crippen LogP contribution in [0.1, 0.15) is 25.7 Å². The molecule has 0 radical (unpaired) electrons. The molecule has 2 fully saturated rings. The van der Waals surface area contributed by atoms with E-state index in [1.165, 1.54) is 0 Å². The second kappa shape index (κ2) is 2.30. The molecule has 5 heteroatoms. The molecule has 3 N–H and O–H groups in total. The number of fused-ring (bicyclic) bond motifs is 1. The summed E-state index contributed by atoms with van der Waals surface area (Å²) in [5, 5.41) is 21.6. The van der Waals surface area contributed by atoms with Crippen LogP contribution in [0.15, 0.2) is 0 Å². The summed E-state index contributed by atoms with van der Waals surface area (Å²) >= 11 is 0. The van der Waals surface area contributed by atoms with Crippen molar-refractivity contribution in [1.82, 2.24) is 5.32 Å². The number of carbonyl (C=O) groups is 2. The number of nitrogens with one attached hydrogen (secondary N) is 1. The van der Waals surface area contributed by atoms with Gasteiger partial charge in [-0.05, 0) is 25.7 Å². The van der Waals surface area contributed by atoms with Gasteiger partial charge in [-0.15, -0.1) is 0 Å². The molecule has 0 aromatic carbocycles. The molecular formula is C8H11NO4. The molecule has 0 spiro atoms. The summed E-state index contributed by atoms with van der Waals surface area (Å²) in [4.78, 5) is 22.4. The molecule has 2 rings (SSSR count). The molecule has 1 heterocycles. The highest BCUT2D eigenvalue weighted by atomic mass is 16.4. The van der Waals surface area contributed by atoms with E-state index < -0.39 is 23.0 Å². The van der Waals surface area contributed by atoms with Crippen LogP contribution >= 0.6 is 0 Å². The summed E-state index contributed by atoms with van der Waals surface area (Å²) in [6.45, 7) is 0. The van der Waals surface area contributed by atoms with E-state index >= 15 is 0 Å². The fourth-order valence-corrected chi connectivity index (χ4v) is 2.09. The highest BCUT2D eigenvalue weighted by molar-refractivity contribution is 6.13. The van der Waals surface area contributed by atoms with E-state index in [0.717, 1.165) is 0 Å². The molecule has 72 valence electrons. The highest BCUT2D eigenvalue weighted by Gasteiger charge is 2.65. The van der Waals surface area contributed by atoms with Crippen LogP contribution in [0.25, 0.3) is 0 Å². The van der Waals surface area contributed by atoms with Gasteiger partial charge in [-0.2, -0.15) is 0 Å². The van der Waals surface area contributed by atoms with Gasteiger partial charge in [0.2, 0.25) is 0 Å². The summed E-state index contributed by atoms with van der Waals surface area (Å²) in [6, 6.07) is 0. The fraction of sp³-hybridized carbons (Fsp3) is 0.750. The average Bonchev–Trinajstić information content (AvgIpc) is 2.25. The minimum Gasteiger partial charge on any atom is -0.377 e. The number of amides is 2. The van der Waals surface area contributed by atoms with E-state index in [4.69, 9.17) is 0 Å². The molecule has 1 saturated carbocycles. The van der Waals surface area contributed by atoms with Crippen molar-refractivity contribution in [1.29, 1.82) is 0 Å². The Labute approximate surface area is 74.7 Å². The summed E-state index contributed by atoms with van der Waals surface area (Å²) in [5.74, 6) is -1.53. The Hall–Kier alpha value is -0.940. The van der Waals surface area contributed by atoms with Crippen molar-refractivity contribution in [3.8, 4) is 0 Å². The third-order valence-electron chi connectivity index (χ3n) is 2.99. The first-order valence-corrected chi connectivity index (χ1v) is 4.31. The zero-order valence-corrected chi connectivity index (χ0v) is 7.04. The van der Waals surface area contributed by atoms with Gasteiger partial charge in [0, 0.05) is 0 Å². The normalized spacial score (nSPS) is 44.5. The molecule has 1 saturated heterocycles. The second-order valence-electron chi connectivity index (χ2n) is 3.71. The van der Waals surface area contributed by atoms with E-state index in [9.17, 15) is 19.8 Å². The lowest BCUT2D eigenvalue weighted by atomic mass is 9.73. The van der Waals surface area contributed by atoms with Crippen molar-refractivity contribution in [3.05, 3.63) is 0 Å². The van der Waals surface area contributed by atoms with Crippen LogP contribution in [-0.4, -0.2) is 33.2 Å². The average molecular weight is 185 g/mol. The molecule has 2 unspecified atom stereocenters. The smallest absolute Gasteiger partial charge is 0.262 e.